The molecule has 0 aliphatic carbocycles. The SMILES string of the molecule is O=C(CCc1nn2cnnc2s1)Nc1cccc(F)c1. The Morgan fingerprint density at radius 3 is 3.15 bits per heavy atom. The summed E-state index contributed by atoms with van der Waals surface area (Å²) in [6.45, 7) is 0. The minimum absolute atomic E-state index is 0.179. The number of nitrogens with zero attached hydrogens (tertiary/aromatic N) is 4. The average Bonchev–Trinajstić information content (AvgIpc) is 2.97. The van der Waals surface area contributed by atoms with E-state index in [1.165, 1.54) is 29.8 Å². The van der Waals surface area contributed by atoms with E-state index in [9.17, 15) is 9.18 Å². The molecule has 0 spiro atoms. The van der Waals surface area contributed by atoms with Gasteiger partial charge in [0.05, 0.1) is 0 Å². The zero-order valence-electron chi connectivity index (χ0n) is 10.3. The lowest BCUT2D eigenvalue weighted by Crippen LogP contribution is -2.12. The van der Waals surface area contributed by atoms with E-state index in [4.69, 9.17) is 0 Å². The molecule has 6 nitrogen and oxygen atoms in total. The summed E-state index contributed by atoms with van der Waals surface area (Å²) in [5.41, 5.74) is 0.452. The zero-order valence-corrected chi connectivity index (χ0v) is 11.1. The molecular weight excluding hydrogens is 281 g/mol. The van der Waals surface area contributed by atoms with Crippen LogP contribution in [0, 0.1) is 5.82 Å². The number of hydrogen-bond acceptors (Lipinski definition) is 5. The third kappa shape index (κ3) is 2.80. The number of anilines is 1. The number of aromatic nitrogens is 4. The van der Waals surface area contributed by atoms with Gasteiger partial charge in [0.1, 0.15) is 17.2 Å². The molecule has 0 aliphatic heterocycles. The Kier molecular flexibility index (Phi) is 3.38. The van der Waals surface area contributed by atoms with E-state index in [1.807, 2.05) is 0 Å². The molecule has 0 radical (unpaired) electrons. The second kappa shape index (κ2) is 5.33. The lowest BCUT2D eigenvalue weighted by atomic mass is 10.2. The van der Waals surface area contributed by atoms with Gasteiger partial charge in [0.2, 0.25) is 10.9 Å². The van der Waals surface area contributed by atoms with Crippen LogP contribution >= 0.6 is 11.3 Å². The maximum Gasteiger partial charge on any atom is 0.234 e. The van der Waals surface area contributed by atoms with Crippen LogP contribution in [0.5, 0.6) is 0 Å². The van der Waals surface area contributed by atoms with Crippen molar-refractivity contribution < 1.29 is 9.18 Å². The largest absolute Gasteiger partial charge is 0.326 e. The summed E-state index contributed by atoms with van der Waals surface area (Å²) in [7, 11) is 0. The molecule has 1 aromatic carbocycles. The first kappa shape index (κ1) is 12.7. The monoisotopic (exact) mass is 291 g/mol. The highest BCUT2D eigenvalue weighted by molar-refractivity contribution is 7.16. The number of halogens is 1. The highest BCUT2D eigenvalue weighted by atomic mass is 32.1. The van der Waals surface area contributed by atoms with Crippen molar-refractivity contribution in [3.8, 4) is 0 Å². The quantitative estimate of drug-likeness (QED) is 0.797. The smallest absolute Gasteiger partial charge is 0.234 e. The van der Waals surface area contributed by atoms with Crippen LogP contribution in [0.4, 0.5) is 10.1 Å². The first-order valence-electron chi connectivity index (χ1n) is 5.92. The second-order valence-corrected chi connectivity index (χ2v) is 5.15. The number of carbonyl (C=O) groups is 1. The minimum atomic E-state index is -0.378. The summed E-state index contributed by atoms with van der Waals surface area (Å²) in [4.78, 5) is 12.5. The molecule has 102 valence electrons. The molecule has 0 bridgehead atoms. The number of carbonyl (C=O) groups excluding carboxylic acids is 1. The molecule has 0 fully saturated rings. The Morgan fingerprint density at radius 2 is 2.35 bits per heavy atom. The summed E-state index contributed by atoms with van der Waals surface area (Å²) in [6.07, 6.45) is 2.30. The summed E-state index contributed by atoms with van der Waals surface area (Å²) in [5.74, 6) is -0.557. The lowest BCUT2D eigenvalue weighted by molar-refractivity contribution is -0.116. The highest BCUT2D eigenvalue weighted by Gasteiger charge is 2.08. The second-order valence-electron chi connectivity index (χ2n) is 4.11. The fraction of sp³-hybridized carbons (Fsp3) is 0.167. The number of benzene rings is 1. The van der Waals surface area contributed by atoms with E-state index in [0.717, 1.165) is 5.01 Å². The number of rotatable bonds is 4. The molecule has 2 heterocycles. The van der Waals surface area contributed by atoms with Crippen molar-refractivity contribution in [1.82, 2.24) is 19.8 Å². The van der Waals surface area contributed by atoms with Crippen molar-refractivity contribution in [3.63, 3.8) is 0 Å². The van der Waals surface area contributed by atoms with E-state index in [2.05, 4.69) is 20.6 Å². The predicted octanol–water partition coefficient (Wildman–Crippen LogP) is 1.90. The van der Waals surface area contributed by atoms with Crippen molar-refractivity contribution >= 4 is 27.9 Å². The zero-order chi connectivity index (χ0) is 13.9. The third-order valence-electron chi connectivity index (χ3n) is 2.60. The number of amides is 1. The molecule has 0 aliphatic rings. The van der Waals surface area contributed by atoms with Crippen LogP contribution < -0.4 is 5.32 Å². The van der Waals surface area contributed by atoms with Crippen molar-refractivity contribution in [1.29, 1.82) is 0 Å². The number of aryl methyl sites for hydroxylation is 1. The molecule has 1 amide bonds. The normalized spacial score (nSPS) is 10.8. The summed E-state index contributed by atoms with van der Waals surface area (Å²) < 4.78 is 14.5. The van der Waals surface area contributed by atoms with Crippen molar-refractivity contribution in [2.45, 2.75) is 12.8 Å². The van der Waals surface area contributed by atoms with Crippen molar-refractivity contribution in [2.75, 3.05) is 5.32 Å². The Labute approximate surface area is 117 Å². The fourth-order valence-electron chi connectivity index (χ4n) is 1.71. The third-order valence-corrected chi connectivity index (χ3v) is 3.58. The van der Waals surface area contributed by atoms with Crippen LogP contribution in [-0.2, 0) is 11.2 Å². The van der Waals surface area contributed by atoms with E-state index in [0.29, 0.717) is 17.1 Å². The van der Waals surface area contributed by atoms with Gasteiger partial charge < -0.3 is 5.32 Å². The molecule has 2 aromatic heterocycles. The molecular formula is C12H10FN5OS. The summed E-state index contributed by atoms with van der Waals surface area (Å²) in [6, 6.07) is 5.80. The summed E-state index contributed by atoms with van der Waals surface area (Å²) in [5, 5.41) is 15.3. The lowest BCUT2D eigenvalue weighted by Gasteiger charge is -2.03. The molecule has 1 N–H and O–H groups in total. The predicted molar refractivity (Wildman–Crippen MR) is 72.0 cm³/mol. The van der Waals surface area contributed by atoms with Gasteiger partial charge in [-0.1, -0.05) is 17.4 Å². The molecule has 0 saturated carbocycles. The van der Waals surface area contributed by atoms with Gasteiger partial charge >= 0.3 is 0 Å². The van der Waals surface area contributed by atoms with Gasteiger partial charge in [-0.15, -0.1) is 10.2 Å². The molecule has 3 aromatic rings. The van der Waals surface area contributed by atoms with Crippen molar-refractivity contribution in [3.05, 3.63) is 41.4 Å². The number of hydrogen-bond donors (Lipinski definition) is 1. The Bertz CT molecular complexity index is 724. The highest BCUT2D eigenvalue weighted by Crippen LogP contribution is 2.14. The molecule has 0 atom stereocenters. The van der Waals surface area contributed by atoms with E-state index in [-0.39, 0.29) is 18.1 Å². The summed E-state index contributed by atoms with van der Waals surface area (Å²) >= 11 is 1.39. The number of fused-ring (bicyclic) bond motifs is 1. The Balaban J connectivity index is 1.58. The van der Waals surface area contributed by atoms with E-state index >= 15 is 0 Å². The Morgan fingerprint density at radius 1 is 1.45 bits per heavy atom. The standard InChI is InChI=1S/C12H10FN5OS/c13-8-2-1-3-9(6-8)15-10(19)4-5-11-17-18-7-14-16-12(18)20-11/h1-3,6-7H,4-5H2,(H,15,19). The van der Waals surface area contributed by atoms with Crippen LogP contribution in [-0.4, -0.2) is 25.7 Å². The van der Waals surface area contributed by atoms with Gasteiger partial charge in [0.15, 0.2) is 0 Å². The van der Waals surface area contributed by atoms with Gasteiger partial charge in [-0.2, -0.15) is 9.61 Å². The topological polar surface area (TPSA) is 72.2 Å². The molecule has 20 heavy (non-hydrogen) atoms. The molecule has 8 heteroatoms. The first-order valence-corrected chi connectivity index (χ1v) is 6.73. The van der Waals surface area contributed by atoms with E-state index < -0.39 is 0 Å². The van der Waals surface area contributed by atoms with E-state index in [1.54, 1.807) is 16.6 Å². The molecule has 3 rings (SSSR count). The molecule has 0 saturated heterocycles. The van der Waals surface area contributed by atoms with Gasteiger partial charge in [0.25, 0.3) is 0 Å². The van der Waals surface area contributed by atoms with Gasteiger partial charge in [0, 0.05) is 18.5 Å². The van der Waals surface area contributed by atoms with Gasteiger partial charge in [-0.25, -0.2) is 4.39 Å². The Hall–Kier alpha value is -2.35. The van der Waals surface area contributed by atoms with Crippen LogP contribution in [0.25, 0.3) is 4.96 Å². The van der Waals surface area contributed by atoms with Crippen molar-refractivity contribution in [2.24, 2.45) is 0 Å². The average molecular weight is 291 g/mol. The van der Waals surface area contributed by atoms with Crippen LogP contribution in [0.2, 0.25) is 0 Å². The first-order chi connectivity index (χ1) is 9.70. The van der Waals surface area contributed by atoms with Crippen LogP contribution in [0.1, 0.15) is 11.4 Å². The maximum absolute atomic E-state index is 13.0. The maximum atomic E-state index is 13.0. The fourth-order valence-corrected chi connectivity index (χ4v) is 2.53. The van der Waals surface area contributed by atoms with Crippen LogP contribution in [0.15, 0.2) is 30.6 Å². The minimum Gasteiger partial charge on any atom is -0.326 e. The molecule has 0 unspecified atom stereocenters. The van der Waals surface area contributed by atoms with Crippen LogP contribution in [0.3, 0.4) is 0 Å². The van der Waals surface area contributed by atoms with Gasteiger partial charge in [-0.05, 0) is 18.2 Å². The number of nitrogens with one attached hydrogen (secondary N) is 1. The van der Waals surface area contributed by atoms with Gasteiger partial charge in [-0.3, -0.25) is 4.79 Å².